The second-order valence-corrected chi connectivity index (χ2v) is 14.7. The van der Waals surface area contributed by atoms with Crippen molar-refractivity contribution in [1.82, 2.24) is 0 Å². The second kappa shape index (κ2) is 16.3. The molecule has 0 N–H and O–H groups in total. The fraction of sp³-hybridized carbons (Fsp3) is 0.293. The summed E-state index contributed by atoms with van der Waals surface area (Å²) in [6.45, 7) is 17.9. The van der Waals surface area contributed by atoms with E-state index in [9.17, 15) is 0 Å². The number of fused-ring (bicyclic) bond motifs is 3. The largest absolute Gasteiger partial charge is 0.273 e. The molecule has 0 spiro atoms. The van der Waals surface area contributed by atoms with Crippen LogP contribution in [-0.4, -0.2) is 3.21 Å². The maximum absolute atomic E-state index is 3.53. The van der Waals surface area contributed by atoms with Crippen LogP contribution in [0, 0.1) is 26.0 Å². The van der Waals surface area contributed by atoms with Gasteiger partial charge < -0.3 is 0 Å². The number of hydrogen-bond donors (Lipinski definition) is 0. The summed E-state index contributed by atoms with van der Waals surface area (Å²) in [5.74, 6) is 0. The van der Waals surface area contributed by atoms with Crippen LogP contribution >= 0.6 is 24.8 Å². The first kappa shape index (κ1) is 37.9. The monoisotopic (exact) mass is 698 g/mol. The van der Waals surface area contributed by atoms with E-state index in [1.54, 1.807) is 0 Å². The number of rotatable bonds is 2. The van der Waals surface area contributed by atoms with Gasteiger partial charge in [0.15, 0.2) is 0 Å². The predicted molar refractivity (Wildman–Crippen MR) is 193 cm³/mol. The van der Waals surface area contributed by atoms with E-state index >= 15 is 0 Å². The Morgan fingerprint density at radius 3 is 1.73 bits per heavy atom. The van der Waals surface area contributed by atoms with Crippen molar-refractivity contribution in [3.63, 3.8) is 0 Å². The van der Waals surface area contributed by atoms with Gasteiger partial charge in [-0.1, -0.05) is 76.3 Å². The van der Waals surface area contributed by atoms with Crippen molar-refractivity contribution in [1.29, 1.82) is 0 Å². The topological polar surface area (TPSA) is 0 Å². The Balaban J connectivity index is 0.000000260. The molecule has 0 saturated heterocycles. The van der Waals surface area contributed by atoms with Gasteiger partial charge >= 0.3 is 112 Å². The molecule has 0 heterocycles. The number of halogens is 2. The average Bonchev–Trinajstić information content (AvgIpc) is 3.63. The summed E-state index contributed by atoms with van der Waals surface area (Å²) in [6, 6.07) is 32.5. The third-order valence-corrected chi connectivity index (χ3v) is 9.14. The molecular weight excluding hydrogens is 655 g/mol. The molecule has 0 bridgehead atoms. The first-order valence-corrected chi connectivity index (χ1v) is 16.2. The van der Waals surface area contributed by atoms with Crippen LogP contribution in [0.1, 0.15) is 92.5 Å². The Morgan fingerprint density at radius 2 is 1.27 bits per heavy atom. The minimum absolute atomic E-state index is 0. The number of benzene rings is 4. The standard InChI is InChI=1S/C21H25.C15H14.C5H5.2ClH.Zr/c1-20(2,3)16-9-7-14-11-15-8-10-17(21(4,5)6)13-19(15)18(14)12-16;1-12-5-3-7-14(9-12)11-15-8-4-6-13(2)10-15;1-2-4-5-3-1;;;/h7,9-10,12-13H,11H2,1-6H3;3-10H,1-2H3;1-3H,4H2;2*1H;/q-1;;-1;;;+2. The van der Waals surface area contributed by atoms with Crippen molar-refractivity contribution in [2.75, 3.05) is 0 Å². The second-order valence-electron chi connectivity index (χ2n) is 13.4. The minimum Gasteiger partial charge on any atom is -0.273 e. The van der Waals surface area contributed by atoms with Gasteiger partial charge in [0.1, 0.15) is 0 Å². The molecular formula is C41H46Cl2Zr. The van der Waals surface area contributed by atoms with Crippen molar-refractivity contribution >= 4 is 28.0 Å². The molecule has 0 fully saturated rings. The van der Waals surface area contributed by atoms with Gasteiger partial charge in [0.25, 0.3) is 0 Å². The molecule has 0 nitrogen and oxygen atoms in total. The summed E-state index contributed by atoms with van der Waals surface area (Å²) in [5.41, 5.74) is 14.1. The van der Waals surface area contributed by atoms with E-state index in [0.717, 1.165) is 12.8 Å². The Bertz CT molecular complexity index is 1510. The van der Waals surface area contributed by atoms with Gasteiger partial charge in [-0.15, -0.1) is 36.8 Å². The molecule has 44 heavy (non-hydrogen) atoms. The molecule has 4 aromatic carbocycles. The van der Waals surface area contributed by atoms with Crippen LogP contribution in [0.15, 0.2) is 97.1 Å². The van der Waals surface area contributed by atoms with Gasteiger partial charge in [-0.05, 0) is 17.4 Å². The fourth-order valence-corrected chi connectivity index (χ4v) is 5.86. The van der Waals surface area contributed by atoms with Crippen LogP contribution < -0.4 is 0 Å². The summed E-state index contributed by atoms with van der Waals surface area (Å²) in [6.07, 6.45) is 11.0. The molecule has 0 atom stereocenters. The smallest absolute Gasteiger partial charge is 0.109 e. The van der Waals surface area contributed by atoms with Crippen molar-refractivity contribution in [3.05, 3.63) is 154 Å². The zero-order valence-electron chi connectivity index (χ0n) is 27.5. The Kier molecular flexibility index (Phi) is 14.0. The van der Waals surface area contributed by atoms with E-state index in [1.807, 2.05) is 12.2 Å². The zero-order chi connectivity index (χ0) is 30.5. The zero-order valence-corrected chi connectivity index (χ0v) is 31.6. The maximum atomic E-state index is 3.53. The molecule has 0 radical (unpaired) electrons. The van der Waals surface area contributed by atoms with Crippen LogP contribution in [0.4, 0.5) is 0 Å². The molecule has 2 aliphatic rings. The number of allylic oxidation sites excluding steroid dienone is 4. The third-order valence-electron chi connectivity index (χ3n) is 7.73. The van der Waals surface area contributed by atoms with Gasteiger partial charge in [0.05, 0.1) is 0 Å². The van der Waals surface area contributed by atoms with Crippen LogP contribution in [-0.2, 0) is 41.5 Å². The van der Waals surface area contributed by atoms with E-state index in [1.165, 1.54) is 83.1 Å². The molecule has 4 aromatic rings. The normalized spacial score (nSPS) is 12.4. The SMILES string of the molecule is CC(C)(C)c1c[c-]c2c(c1)-c1cc(C(C)(C)C)ccc1C2.Cc1cccc([C](=[Zr+2])c2cccc(C)c2)c1.Cl.Cl.[C-]1=CC=CC1. The molecule has 2 aliphatic carbocycles. The van der Waals surface area contributed by atoms with Crippen molar-refractivity contribution in [3.8, 4) is 11.1 Å². The summed E-state index contributed by atoms with van der Waals surface area (Å²) in [5, 5.41) is 0. The van der Waals surface area contributed by atoms with E-state index in [2.05, 4.69) is 152 Å². The van der Waals surface area contributed by atoms with E-state index < -0.39 is 0 Å². The maximum Gasteiger partial charge on any atom is -0.109 e. The van der Waals surface area contributed by atoms with E-state index in [4.69, 9.17) is 0 Å². The summed E-state index contributed by atoms with van der Waals surface area (Å²) >= 11 is 1.47. The molecule has 0 saturated carbocycles. The molecule has 3 heteroatoms. The molecule has 0 aromatic heterocycles. The third kappa shape index (κ3) is 10.1. The van der Waals surface area contributed by atoms with Gasteiger partial charge in [0, 0.05) is 0 Å². The molecule has 228 valence electrons. The van der Waals surface area contributed by atoms with Crippen molar-refractivity contribution in [2.24, 2.45) is 0 Å². The fourth-order valence-electron chi connectivity index (χ4n) is 5.09. The van der Waals surface area contributed by atoms with Gasteiger partial charge in [-0.3, -0.25) is 6.08 Å². The van der Waals surface area contributed by atoms with Crippen LogP contribution in [0.2, 0.25) is 0 Å². The average molecular weight is 701 g/mol. The van der Waals surface area contributed by atoms with Gasteiger partial charge in [-0.25, -0.2) is 12.2 Å². The Labute approximate surface area is 294 Å². The number of aryl methyl sites for hydroxylation is 2. The van der Waals surface area contributed by atoms with Crippen molar-refractivity contribution in [2.45, 2.75) is 79.1 Å². The first-order valence-electron chi connectivity index (χ1n) is 15.0. The number of hydrogen-bond acceptors (Lipinski definition) is 0. The molecule has 0 unspecified atom stereocenters. The van der Waals surface area contributed by atoms with E-state index in [0.29, 0.717) is 0 Å². The van der Waals surface area contributed by atoms with Crippen LogP contribution in [0.5, 0.6) is 0 Å². The molecule has 0 amide bonds. The predicted octanol–water partition coefficient (Wildman–Crippen LogP) is 11.2. The van der Waals surface area contributed by atoms with E-state index in [-0.39, 0.29) is 35.6 Å². The van der Waals surface area contributed by atoms with Crippen molar-refractivity contribution < 1.29 is 24.2 Å². The van der Waals surface area contributed by atoms with Gasteiger partial charge in [-0.2, -0.15) is 35.4 Å². The Morgan fingerprint density at radius 1 is 0.705 bits per heavy atom. The minimum atomic E-state index is 0. The summed E-state index contributed by atoms with van der Waals surface area (Å²) in [7, 11) is 0. The Hall–Kier alpha value is -2.31. The summed E-state index contributed by atoms with van der Waals surface area (Å²) in [4.78, 5) is 0. The molecule has 6 rings (SSSR count). The van der Waals surface area contributed by atoms with Crippen LogP contribution in [0.3, 0.4) is 0 Å². The quantitative estimate of drug-likeness (QED) is 0.161. The first-order chi connectivity index (χ1) is 19.8. The summed E-state index contributed by atoms with van der Waals surface area (Å²) < 4.78 is 1.43. The van der Waals surface area contributed by atoms with Gasteiger partial charge in [0.2, 0.25) is 0 Å². The molecule has 0 aliphatic heterocycles. The van der Waals surface area contributed by atoms with Crippen LogP contribution in [0.25, 0.3) is 11.1 Å².